The highest BCUT2D eigenvalue weighted by molar-refractivity contribution is 9.10. The van der Waals surface area contributed by atoms with Crippen molar-refractivity contribution in [2.75, 3.05) is 18.2 Å². The zero-order valence-electron chi connectivity index (χ0n) is 17.6. The van der Waals surface area contributed by atoms with Crippen LogP contribution in [0.3, 0.4) is 0 Å². The second kappa shape index (κ2) is 10.8. The maximum Gasteiger partial charge on any atom is 0.251 e. The Balaban J connectivity index is 1.57. The molecule has 2 aromatic carbocycles. The molecule has 11 heteroatoms. The summed E-state index contributed by atoms with van der Waals surface area (Å²) >= 11 is 10.6. The SMILES string of the molecule is COc1ccc(C(=O)N[C@H](C)c2nnc(SCC(=O)Nc3ccc(Br)c(Cl)c3)n2C)cc1. The number of thioether (sulfide) groups is 1. The molecule has 32 heavy (non-hydrogen) atoms. The van der Waals surface area contributed by atoms with Crippen molar-refractivity contribution in [3.8, 4) is 5.75 Å². The Morgan fingerprint density at radius 3 is 2.59 bits per heavy atom. The fraction of sp³-hybridized carbons (Fsp3) is 0.238. The molecule has 2 N–H and O–H groups in total. The number of rotatable bonds is 8. The molecule has 1 aromatic heterocycles. The lowest BCUT2D eigenvalue weighted by Crippen LogP contribution is -2.28. The predicted octanol–water partition coefficient (Wildman–Crippen LogP) is 4.46. The minimum atomic E-state index is -0.379. The number of nitrogens with zero attached hydrogens (tertiary/aromatic N) is 3. The van der Waals surface area contributed by atoms with Crippen LogP contribution in [0.4, 0.5) is 5.69 Å². The van der Waals surface area contributed by atoms with Crippen molar-refractivity contribution < 1.29 is 14.3 Å². The Labute approximate surface area is 203 Å². The fourth-order valence-electron chi connectivity index (χ4n) is 2.82. The molecule has 0 aliphatic carbocycles. The topological polar surface area (TPSA) is 98.1 Å². The molecule has 168 valence electrons. The van der Waals surface area contributed by atoms with Gasteiger partial charge in [0.05, 0.1) is 23.9 Å². The van der Waals surface area contributed by atoms with Crippen molar-refractivity contribution in [1.29, 1.82) is 0 Å². The van der Waals surface area contributed by atoms with E-state index in [2.05, 4.69) is 36.8 Å². The summed E-state index contributed by atoms with van der Waals surface area (Å²) in [4.78, 5) is 24.8. The van der Waals surface area contributed by atoms with Gasteiger partial charge in [-0.05, 0) is 65.3 Å². The summed E-state index contributed by atoms with van der Waals surface area (Å²) in [6, 6.07) is 11.6. The van der Waals surface area contributed by atoms with Crippen molar-refractivity contribution in [3.05, 3.63) is 63.3 Å². The first kappa shape index (κ1) is 24.1. The highest BCUT2D eigenvalue weighted by atomic mass is 79.9. The number of carbonyl (C=O) groups is 2. The van der Waals surface area contributed by atoms with Gasteiger partial charge in [0.25, 0.3) is 5.91 Å². The second-order valence-corrected chi connectivity index (χ2v) is 8.99. The van der Waals surface area contributed by atoms with Crippen molar-refractivity contribution >= 4 is 56.8 Å². The van der Waals surface area contributed by atoms with Crippen LogP contribution in [0.1, 0.15) is 29.1 Å². The summed E-state index contributed by atoms with van der Waals surface area (Å²) < 4.78 is 7.62. The first-order valence-corrected chi connectivity index (χ1v) is 11.7. The highest BCUT2D eigenvalue weighted by Gasteiger charge is 2.19. The second-order valence-electron chi connectivity index (χ2n) is 6.79. The molecule has 2 amide bonds. The lowest BCUT2D eigenvalue weighted by molar-refractivity contribution is -0.113. The van der Waals surface area contributed by atoms with Crippen LogP contribution in [0.25, 0.3) is 0 Å². The average molecular weight is 539 g/mol. The van der Waals surface area contributed by atoms with Gasteiger partial charge in [-0.1, -0.05) is 23.4 Å². The van der Waals surface area contributed by atoms with Gasteiger partial charge in [-0.2, -0.15) is 0 Å². The number of benzene rings is 2. The Bertz CT molecular complexity index is 1120. The number of anilines is 1. The molecule has 0 saturated heterocycles. The molecule has 0 saturated carbocycles. The van der Waals surface area contributed by atoms with Crippen LogP contribution in [0.2, 0.25) is 5.02 Å². The van der Waals surface area contributed by atoms with E-state index in [1.54, 1.807) is 61.2 Å². The zero-order chi connectivity index (χ0) is 23.3. The fourth-order valence-corrected chi connectivity index (χ4v) is 3.96. The zero-order valence-corrected chi connectivity index (χ0v) is 20.7. The minimum absolute atomic E-state index is 0.145. The van der Waals surface area contributed by atoms with Crippen LogP contribution in [-0.2, 0) is 11.8 Å². The number of hydrogen-bond acceptors (Lipinski definition) is 6. The van der Waals surface area contributed by atoms with Gasteiger partial charge in [0.2, 0.25) is 5.91 Å². The van der Waals surface area contributed by atoms with Gasteiger partial charge in [-0.3, -0.25) is 9.59 Å². The molecule has 1 heterocycles. The molecule has 0 unspecified atom stereocenters. The van der Waals surface area contributed by atoms with Gasteiger partial charge < -0.3 is 19.9 Å². The quantitative estimate of drug-likeness (QED) is 0.411. The maximum absolute atomic E-state index is 12.5. The van der Waals surface area contributed by atoms with Crippen LogP contribution in [0, 0.1) is 0 Å². The van der Waals surface area contributed by atoms with Gasteiger partial charge in [0, 0.05) is 22.8 Å². The summed E-state index contributed by atoms with van der Waals surface area (Å²) in [5.74, 6) is 0.974. The Morgan fingerprint density at radius 2 is 1.94 bits per heavy atom. The van der Waals surface area contributed by atoms with E-state index >= 15 is 0 Å². The molecule has 3 aromatic rings. The lowest BCUT2D eigenvalue weighted by Gasteiger charge is -2.14. The van der Waals surface area contributed by atoms with Gasteiger partial charge in [-0.25, -0.2) is 0 Å². The van der Waals surface area contributed by atoms with Crippen LogP contribution in [0.5, 0.6) is 5.75 Å². The number of carbonyl (C=O) groups excluding carboxylic acids is 2. The molecule has 0 aliphatic rings. The van der Waals surface area contributed by atoms with Crippen LogP contribution >= 0.6 is 39.3 Å². The standard InChI is InChI=1S/C21H21BrClN5O3S/c1-12(24-20(30)13-4-7-15(31-3)8-5-13)19-26-27-21(28(19)2)32-11-18(29)25-14-6-9-16(22)17(23)10-14/h4-10,12H,11H2,1-3H3,(H,24,30)(H,25,29)/t12-/m1/s1. The Morgan fingerprint density at radius 1 is 1.22 bits per heavy atom. The lowest BCUT2D eigenvalue weighted by atomic mass is 10.2. The molecular formula is C21H21BrClN5O3S. The third-order valence-corrected chi connectivity index (χ3v) is 6.74. The van der Waals surface area contributed by atoms with E-state index in [0.717, 1.165) is 4.47 Å². The summed E-state index contributed by atoms with van der Waals surface area (Å²) in [7, 11) is 3.36. The summed E-state index contributed by atoms with van der Waals surface area (Å²) in [6.07, 6.45) is 0. The van der Waals surface area contributed by atoms with Gasteiger partial charge in [-0.15, -0.1) is 10.2 Å². The normalized spacial score (nSPS) is 11.7. The summed E-state index contributed by atoms with van der Waals surface area (Å²) in [5, 5.41) is 15.1. The predicted molar refractivity (Wildman–Crippen MR) is 128 cm³/mol. The molecule has 3 rings (SSSR count). The van der Waals surface area contributed by atoms with E-state index in [4.69, 9.17) is 16.3 Å². The minimum Gasteiger partial charge on any atom is -0.497 e. The number of aromatic nitrogens is 3. The molecule has 0 bridgehead atoms. The number of ether oxygens (including phenoxy) is 1. The first-order chi connectivity index (χ1) is 15.3. The molecule has 0 fully saturated rings. The highest BCUT2D eigenvalue weighted by Crippen LogP contribution is 2.26. The van der Waals surface area contributed by atoms with E-state index in [9.17, 15) is 9.59 Å². The number of amides is 2. The van der Waals surface area contributed by atoms with Crippen LogP contribution in [-0.4, -0.2) is 39.4 Å². The first-order valence-electron chi connectivity index (χ1n) is 9.50. The van der Waals surface area contributed by atoms with Crippen molar-refractivity contribution in [2.24, 2.45) is 7.05 Å². The van der Waals surface area contributed by atoms with Crippen molar-refractivity contribution in [3.63, 3.8) is 0 Å². The van der Waals surface area contributed by atoms with Crippen LogP contribution < -0.4 is 15.4 Å². The van der Waals surface area contributed by atoms with Crippen molar-refractivity contribution in [1.82, 2.24) is 20.1 Å². The Kier molecular flexibility index (Phi) is 8.16. The molecule has 0 aliphatic heterocycles. The van der Waals surface area contributed by atoms with E-state index in [1.165, 1.54) is 11.8 Å². The maximum atomic E-state index is 12.5. The largest absolute Gasteiger partial charge is 0.497 e. The van der Waals surface area contributed by atoms with Gasteiger partial charge >= 0.3 is 0 Å². The van der Waals surface area contributed by atoms with Crippen molar-refractivity contribution in [2.45, 2.75) is 18.1 Å². The van der Waals surface area contributed by atoms with Gasteiger partial charge in [0.15, 0.2) is 11.0 Å². The Hall–Kier alpha value is -2.56. The monoisotopic (exact) mass is 537 g/mol. The number of hydrogen-bond donors (Lipinski definition) is 2. The third kappa shape index (κ3) is 6.02. The number of methoxy groups -OCH3 is 1. The summed E-state index contributed by atoms with van der Waals surface area (Å²) in [6.45, 7) is 1.82. The molecule has 8 nitrogen and oxygen atoms in total. The number of halogens is 2. The van der Waals surface area contributed by atoms with E-state index in [0.29, 0.717) is 33.0 Å². The molecular weight excluding hydrogens is 518 g/mol. The molecule has 0 radical (unpaired) electrons. The van der Waals surface area contributed by atoms with Gasteiger partial charge in [0.1, 0.15) is 5.75 Å². The molecule has 1 atom stereocenters. The summed E-state index contributed by atoms with van der Waals surface area (Å²) in [5.41, 5.74) is 1.12. The van der Waals surface area contributed by atoms with E-state index in [-0.39, 0.29) is 23.6 Å². The number of nitrogens with one attached hydrogen (secondary N) is 2. The van der Waals surface area contributed by atoms with E-state index in [1.807, 2.05) is 6.92 Å². The van der Waals surface area contributed by atoms with E-state index < -0.39 is 0 Å². The average Bonchev–Trinajstić information content (AvgIpc) is 3.15. The smallest absolute Gasteiger partial charge is 0.251 e. The molecule has 0 spiro atoms. The van der Waals surface area contributed by atoms with Crippen LogP contribution in [0.15, 0.2) is 52.1 Å². The third-order valence-electron chi connectivity index (χ3n) is 4.49.